The van der Waals surface area contributed by atoms with Crippen molar-refractivity contribution in [1.82, 2.24) is 9.97 Å². The van der Waals surface area contributed by atoms with Gasteiger partial charge in [-0.25, -0.2) is 18.7 Å². The number of nitrogens with one attached hydrogen (secondary N) is 2. The maximum absolute atomic E-state index is 13.7. The second kappa shape index (κ2) is 8.22. The highest BCUT2D eigenvalue weighted by atomic mass is 19.1. The second-order valence-electron chi connectivity index (χ2n) is 5.40. The van der Waals surface area contributed by atoms with E-state index in [4.69, 9.17) is 4.74 Å². The molecule has 0 aliphatic carbocycles. The van der Waals surface area contributed by atoms with Gasteiger partial charge < -0.3 is 15.4 Å². The molecule has 0 saturated carbocycles. The lowest BCUT2D eigenvalue weighted by atomic mass is 10.2. The van der Waals surface area contributed by atoms with Gasteiger partial charge in [0.25, 0.3) is 5.91 Å². The first kappa shape index (κ1) is 18.2. The van der Waals surface area contributed by atoms with Crippen molar-refractivity contribution in [3.05, 3.63) is 72.1 Å². The van der Waals surface area contributed by atoms with Crippen molar-refractivity contribution in [3.63, 3.8) is 0 Å². The highest BCUT2D eigenvalue weighted by Crippen LogP contribution is 2.26. The average Bonchev–Trinajstić information content (AvgIpc) is 2.66. The van der Waals surface area contributed by atoms with Gasteiger partial charge in [-0.15, -0.1) is 0 Å². The number of amides is 1. The predicted molar refractivity (Wildman–Crippen MR) is 97.2 cm³/mol. The van der Waals surface area contributed by atoms with Gasteiger partial charge >= 0.3 is 0 Å². The van der Waals surface area contributed by atoms with E-state index in [-0.39, 0.29) is 17.3 Å². The summed E-state index contributed by atoms with van der Waals surface area (Å²) in [5, 5.41) is 5.34. The molecule has 138 valence electrons. The van der Waals surface area contributed by atoms with Crippen LogP contribution in [0.5, 0.6) is 5.75 Å². The first-order chi connectivity index (χ1) is 13.1. The molecule has 0 aliphatic rings. The normalized spacial score (nSPS) is 10.3. The van der Waals surface area contributed by atoms with Gasteiger partial charge in [-0.05, 0) is 37.3 Å². The lowest BCUT2D eigenvalue weighted by Gasteiger charge is -2.11. The minimum Gasteiger partial charge on any atom is -0.492 e. The maximum Gasteiger partial charge on any atom is 0.274 e. The van der Waals surface area contributed by atoms with Gasteiger partial charge in [-0.2, -0.15) is 0 Å². The van der Waals surface area contributed by atoms with Crippen molar-refractivity contribution < 1.29 is 18.3 Å². The number of ether oxygens (including phenoxy) is 1. The van der Waals surface area contributed by atoms with Crippen LogP contribution in [-0.2, 0) is 0 Å². The van der Waals surface area contributed by atoms with Crippen LogP contribution in [0.25, 0.3) is 0 Å². The van der Waals surface area contributed by atoms with E-state index in [0.29, 0.717) is 24.1 Å². The Balaban J connectivity index is 1.78. The Labute approximate surface area is 154 Å². The van der Waals surface area contributed by atoms with E-state index >= 15 is 0 Å². The van der Waals surface area contributed by atoms with Crippen molar-refractivity contribution in [2.24, 2.45) is 0 Å². The highest BCUT2D eigenvalue weighted by molar-refractivity contribution is 6.03. The minimum atomic E-state index is -0.874. The Morgan fingerprint density at radius 2 is 1.93 bits per heavy atom. The number of benzene rings is 2. The molecule has 3 rings (SSSR count). The second-order valence-corrected chi connectivity index (χ2v) is 5.40. The van der Waals surface area contributed by atoms with Crippen LogP contribution in [0.15, 0.2) is 54.7 Å². The van der Waals surface area contributed by atoms with Crippen LogP contribution in [0.1, 0.15) is 17.4 Å². The molecule has 0 radical (unpaired) electrons. The topological polar surface area (TPSA) is 76.1 Å². The van der Waals surface area contributed by atoms with Crippen molar-refractivity contribution in [3.8, 4) is 5.75 Å². The quantitative estimate of drug-likeness (QED) is 0.682. The number of carbonyl (C=O) groups is 1. The minimum absolute atomic E-state index is 0.0186. The van der Waals surface area contributed by atoms with Crippen LogP contribution in [0, 0.1) is 11.6 Å². The van der Waals surface area contributed by atoms with Crippen molar-refractivity contribution >= 4 is 23.2 Å². The Morgan fingerprint density at radius 1 is 1.11 bits per heavy atom. The van der Waals surface area contributed by atoms with Crippen LogP contribution >= 0.6 is 0 Å². The standard InChI is InChI=1S/C19H16F2N4O2/c1-2-27-17-6-4-3-5-15(17)24-19-22-10-9-16(25-19)18(26)23-14-8-7-12(20)11-13(14)21/h3-11H,2H2,1H3,(H,23,26)(H,22,24,25). The van der Waals surface area contributed by atoms with Gasteiger partial charge in [-0.1, -0.05) is 12.1 Å². The number of nitrogens with zero attached hydrogens (tertiary/aromatic N) is 2. The summed E-state index contributed by atoms with van der Waals surface area (Å²) in [6.45, 7) is 2.36. The fraction of sp³-hybridized carbons (Fsp3) is 0.105. The van der Waals surface area contributed by atoms with Gasteiger partial charge in [0.1, 0.15) is 23.1 Å². The molecule has 0 fully saturated rings. The molecule has 1 amide bonds. The first-order valence-corrected chi connectivity index (χ1v) is 8.15. The largest absolute Gasteiger partial charge is 0.492 e. The fourth-order valence-corrected chi connectivity index (χ4v) is 2.29. The third-order valence-corrected chi connectivity index (χ3v) is 3.50. The molecule has 0 spiro atoms. The summed E-state index contributed by atoms with van der Waals surface area (Å²) < 4.78 is 32.2. The molecule has 0 saturated heterocycles. The van der Waals surface area contributed by atoms with Crippen molar-refractivity contribution in [2.75, 3.05) is 17.2 Å². The summed E-state index contributed by atoms with van der Waals surface area (Å²) in [5.74, 6) is -1.46. The molecular weight excluding hydrogens is 354 g/mol. The lowest BCUT2D eigenvalue weighted by molar-refractivity contribution is 0.102. The summed E-state index contributed by atoms with van der Waals surface area (Å²) in [5.41, 5.74) is 0.516. The molecule has 2 aromatic carbocycles. The van der Waals surface area contributed by atoms with E-state index in [0.717, 1.165) is 12.1 Å². The summed E-state index contributed by atoms with van der Waals surface area (Å²) in [6, 6.07) is 11.5. The monoisotopic (exact) mass is 370 g/mol. The Morgan fingerprint density at radius 3 is 2.70 bits per heavy atom. The van der Waals surface area contributed by atoms with E-state index in [2.05, 4.69) is 20.6 Å². The number of hydrogen-bond acceptors (Lipinski definition) is 5. The predicted octanol–water partition coefficient (Wildman–Crippen LogP) is 4.15. The van der Waals surface area contributed by atoms with Crippen LogP contribution in [-0.4, -0.2) is 22.5 Å². The molecule has 27 heavy (non-hydrogen) atoms. The third kappa shape index (κ3) is 4.55. The van der Waals surface area contributed by atoms with Gasteiger partial charge in [0, 0.05) is 12.3 Å². The number of halogens is 2. The fourth-order valence-electron chi connectivity index (χ4n) is 2.29. The highest BCUT2D eigenvalue weighted by Gasteiger charge is 2.13. The van der Waals surface area contributed by atoms with Gasteiger partial charge in [-0.3, -0.25) is 4.79 Å². The molecular formula is C19H16F2N4O2. The lowest BCUT2D eigenvalue weighted by Crippen LogP contribution is -2.15. The first-order valence-electron chi connectivity index (χ1n) is 8.15. The van der Waals surface area contributed by atoms with Crippen LogP contribution in [0.2, 0.25) is 0 Å². The zero-order valence-corrected chi connectivity index (χ0v) is 14.4. The number of para-hydroxylation sites is 2. The molecule has 1 aromatic heterocycles. The van der Waals surface area contributed by atoms with E-state index in [9.17, 15) is 13.6 Å². The van der Waals surface area contributed by atoms with Crippen LogP contribution in [0.3, 0.4) is 0 Å². The van der Waals surface area contributed by atoms with Crippen molar-refractivity contribution in [1.29, 1.82) is 0 Å². The Kier molecular flexibility index (Phi) is 5.55. The molecule has 0 bridgehead atoms. The smallest absolute Gasteiger partial charge is 0.274 e. The molecule has 6 nitrogen and oxygen atoms in total. The zero-order valence-electron chi connectivity index (χ0n) is 14.4. The van der Waals surface area contributed by atoms with E-state index < -0.39 is 17.5 Å². The summed E-state index contributed by atoms with van der Waals surface area (Å²) in [6.07, 6.45) is 1.40. The molecule has 3 aromatic rings. The molecule has 0 aliphatic heterocycles. The summed E-state index contributed by atoms with van der Waals surface area (Å²) in [7, 11) is 0. The molecule has 1 heterocycles. The van der Waals surface area contributed by atoms with Crippen LogP contribution < -0.4 is 15.4 Å². The van der Waals surface area contributed by atoms with Gasteiger partial charge in [0.2, 0.25) is 5.95 Å². The zero-order chi connectivity index (χ0) is 19.2. The third-order valence-electron chi connectivity index (χ3n) is 3.50. The SMILES string of the molecule is CCOc1ccccc1Nc1nccc(C(=O)Nc2ccc(F)cc2F)n1. The number of hydrogen-bond donors (Lipinski definition) is 2. The van der Waals surface area contributed by atoms with E-state index in [1.54, 1.807) is 12.1 Å². The van der Waals surface area contributed by atoms with Gasteiger partial charge in [0.15, 0.2) is 0 Å². The molecule has 2 N–H and O–H groups in total. The number of carbonyl (C=O) groups excluding carboxylic acids is 1. The van der Waals surface area contributed by atoms with E-state index in [1.807, 2.05) is 19.1 Å². The number of aromatic nitrogens is 2. The summed E-state index contributed by atoms with van der Waals surface area (Å²) >= 11 is 0. The molecule has 0 atom stereocenters. The van der Waals surface area contributed by atoms with Crippen LogP contribution in [0.4, 0.5) is 26.1 Å². The number of rotatable bonds is 6. The molecule has 0 unspecified atom stereocenters. The maximum atomic E-state index is 13.7. The summed E-state index contributed by atoms with van der Waals surface area (Å²) in [4.78, 5) is 20.5. The Bertz CT molecular complexity index is 966. The molecule has 8 heteroatoms. The number of anilines is 3. The van der Waals surface area contributed by atoms with E-state index in [1.165, 1.54) is 12.3 Å². The van der Waals surface area contributed by atoms with Gasteiger partial charge in [0.05, 0.1) is 18.0 Å². The van der Waals surface area contributed by atoms with Crippen molar-refractivity contribution in [2.45, 2.75) is 6.92 Å². The Hall–Kier alpha value is -3.55. The average molecular weight is 370 g/mol.